The van der Waals surface area contributed by atoms with Crippen molar-refractivity contribution < 1.29 is 0 Å². The number of rotatable bonds is 4. The second-order valence-electron chi connectivity index (χ2n) is 5.85. The predicted octanol–water partition coefficient (Wildman–Crippen LogP) is 2.64. The smallest absolute Gasteiger partial charge is 0.293 e. The Hall–Kier alpha value is -1.32. The van der Waals surface area contributed by atoms with Crippen molar-refractivity contribution in [2.75, 3.05) is 5.32 Å². The third-order valence-electron chi connectivity index (χ3n) is 3.95. The minimum atomic E-state index is 0.00190. The van der Waals surface area contributed by atoms with Crippen LogP contribution in [0.25, 0.3) is 0 Å². The summed E-state index contributed by atoms with van der Waals surface area (Å²) in [5, 5.41) is 3.35. The van der Waals surface area contributed by atoms with Gasteiger partial charge in [0.15, 0.2) is 5.82 Å². The highest BCUT2D eigenvalue weighted by Crippen LogP contribution is 2.38. The number of hydrogen-bond acceptors (Lipinski definition) is 3. The van der Waals surface area contributed by atoms with Crippen LogP contribution in [0.2, 0.25) is 0 Å². The molecular weight excluding hydrogens is 226 g/mol. The van der Waals surface area contributed by atoms with Gasteiger partial charge in [-0.05, 0) is 24.7 Å². The van der Waals surface area contributed by atoms with Crippen LogP contribution < -0.4 is 10.9 Å². The molecule has 1 aliphatic carbocycles. The van der Waals surface area contributed by atoms with E-state index in [0.29, 0.717) is 11.9 Å². The van der Waals surface area contributed by atoms with Gasteiger partial charge in [0, 0.05) is 25.0 Å². The van der Waals surface area contributed by atoms with Crippen LogP contribution in [0.1, 0.15) is 46.5 Å². The first kappa shape index (κ1) is 13.1. The summed E-state index contributed by atoms with van der Waals surface area (Å²) in [7, 11) is 0. The summed E-state index contributed by atoms with van der Waals surface area (Å²) in [4.78, 5) is 16.4. The third kappa shape index (κ3) is 2.57. The van der Waals surface area contributed by atoms with E-state index in [0.717, 1.165) is 19.4 Å². The Bertz CT molecular complexity index is 464. The Balaban J connectivity index is 2.19. The van der Waals surface area contributed by atoms with Crippen LogP contribution >= 0.6 is 0 Å². The van der Waals surface area contributed by atoms with Gasteiger partial charge in [0.25, 0.3) is 5.56 Å². The Kier molecular flexibility index (Phi) is 3.73. The normalized spacial score (nSPS) is 22.1. The van der Waals surface area contributed by atoms with Crippen molar-refractivity contribution in [2.45, 2.75) is 59.0 Å². The van der Waals surface area contributed by atoms with E-state index >= 15 is 0 Å². The number of anilines is 1. The zero-order valence-corrected chi connectivity index (χ0v) is 11.6. The summed E-state index contributed by atoms with van der Waals surface area (Å²) < 4.78 is 1.73. The summed E-state index contributed by atoms with van der Waals surface area (Å²) in [6.07, 6.45) is 7.98. The molecule has 0 aromatic carbocycles. The number of aromatic nitrogens is 2. The maximum atomic E-state index is 12.2. The summed E-state index contributed by atoms with van der Waals surface area (Å²) in [6, 6.07) is 0.357. The molecule has 1 N–H and O–H groups in total. The summed E-state index contributed by atoms with van der Waals surface area (Å²) in [5.41, 5.74) is 0.251. The number of aryl methyl sites for hydroxylation is 1. The lowest BCUT2D eigenvalue weighted by atomic mass is 9.87. The van der Waals surface area contributed by atoms with Gasteiger partial charge in [0.1, 0.15) is 0 Å². The van der Waals surface area contributed by atoms with E-state index in [1.807, 2.05) is 0 Å². The summed E-state index contributed by atoms with van der Waals surface area (Å²) >= 11 is 0. The zero-order valence-electron chi connectivity index (χ0n) is 11.6. The van der Waals surface area contributed by atoms with E-state index in [4.69, 9.17) is 0 Å². The Labute approximate surface area is 108 Å². The van der Waals surface area contributed by atoms with Crippen LogP contribution in [-0.2, 0) is 6.54 Å². The number of nitrogens with zero attached hydrogens (tertiary/aromatic N) is 2. The number of nitrogens with one attached hydrogen (secondary N) is 1. The van der Waals surface area contributed by atoms with Gasteiger partial charge in [0.05, 0.1) is 0 Å². The summed E-state index contributed by atoms with van der Waals surface area (Å²) in [5.74, 6) is 0.505. The topological polar surface area (TPSA) is 46.9 Å². The van der Waals surface area contributed by atoms with Crippen molar-refractivity contribution in [3.63, 3.8) is 0 Å². The Morgan fingerprint density at radius 3 is 2.94 bits per heavy atom. The van der Waals surface area contributed by atoms with Crippen LogP contribution in [0.3, 0.4) is 0 Å². The van der Waals surface area contributed by atoms with E-state index < -0.39 is 0 Å². The van der Waals surface area contributed by atoms with E-state index in [2.05, 4.69) is 31.1 Å². The highest BCUT2D eigenvalue weighted by molar-refractivity contribution is 5.33. The molecule has 1 heterocycles. The lowest BCUT2D eigenvalue weighted by Gasteiger charge is -2.28. The highest BCUT2D eigenvalue weighted by Gasteiger charge is 2.34. The first-order valence-electron chi connectivity index (χ1n) is 6.86. The fourth-order valence-electron chi connectivity index (χ4n) is 2.72. The maximum Gasteiger partial charge on any atom is 0.293 e. The first-order chi connectivity index (χ1) is 8.54. The molecule has 0 bridgehead atoms. The summed E-state index contributed by atoms with van der Waals surface area (Å²) in [6.45, 7) is 7.33. The fraction of sp³-hybridized carbons (Fsp3) is 0.714. The van der Waals surface area contributed by atoms with Crippen molar-refractivity contribution in [1.82, 2.24) is 9.55 Å². The van der Waals surface area contributed by atoms with Crippen LogP contribution in [-0.4, -0.2) is 15.6 Å². The van der Waals surface area contributed by atoms with Gasteiger partial charge in [-0.25, -0.2) is 4.98 Å². The molecule has 0 spiro atoms. The van der Waals surface area contributed by atoms with E-state index in [-0.39, 0.29) is 11.0 Å². The van der Waals surface area contributed by atoms with Gasteiger partial charge in [-0.15, -0.1) is 0 Å². The molecule has 100 valence electrons. The molecule has 18 heavy (non-hydrogen) atoms. The first-order valence-corrected chi connectivity index (χ1v) is 6.86. The van der Waals surface area contributed by atoms with Crippen LogP contribution in [0.15, 0.2) is 17.2 Å². The molecule has 0 saturated heterocycles. The Morgan fingerprint density at radius 2 is 2.33 bits per heavy atom. The quantitative estimate of drug-likeness (QED) is 0.892. The molecule has 1 fully saturated rings. The second-order valence-corrected chi connectivity index (χ2v) is 5.85. The molecule has 0 amide bonds. The molecule has 2 rings (SSSR count). The Morgan fingerprint density at radius 1 is 1.56 bits per heavy atom. The molecule has 0 aliphatic heterocycles. The molecule has 1 unspecified atom stereocenters. The lowest BCUT2D eigenvalue weighted by Crippen LogP contribution is -2.35. The minimum Gasteiger partial charge on any atom is -0.362 e. The minimum absolute atomic E-state index is 0.00190. The van der Waals surface area contributed by atoms with E-state index in [9.17, 15) is 4.79 Å². The van der Waals surface area contributed by atoms with Crippen molar-refractivity contribution in [3.05, 3.63) is 22.7 Å². The molecule has 4 heteroatoms. The maximum absolute atomic E-state index is 12.2. The number of hydrogen-bond donors (Lipinski definition) is 1. The van der Waals surface area contributed by atoms with Crippen LogP contribution in [0.5, 0.6) is 0 Å². The van der Waals surface area contributed by atoms with Crippen LogP contribution in [0, 0.1) is 5.41 Å². The lowest BCUT2D eigenvalue weighted by molar-refractivity contribution is 0.349. The van der Waals surface area contributed by atoms with Crippen molar-refractivity contribution in [3.8, 4) is 0 Å². The molecule has 0 radical (unpaired) electrons. The van der Waals surface area contributed by atoms with Gasteiger partial charge >= 0.3 is 0 Å². The van der Waals surface area contributed by atoms with E-state index in [1.165, 1.54) is 12.8 Å². The van der Waals surface area contributed by atoms with Gasteiger partial charge in [-0.3, -0.25) is 4.79 Å². The monoisotopic (exact) mass is 249 g/mol. The molecular formula is C14H23N3O. The van der Waals surface area contributed by atoms with Crippen molar-refractivity contribution in [2.24, 2.45) is 5.41 Å². The van der Waals surface area contributed by atoms with Crippen LogP contribution in [0.4, 0.5) is 5.82 Å². The van der Waals surface area contributed by atoms with Gasteiger partial charge in [-0.2, -0.15) is 0 Å². The van der Waals surface area contributed by atoms with Crippen molar-refractivity contribution in [1.29, 1.82) is 0 Å². The molecule has 1 aromatic heterocycles. The molecule has 1 saturated carbocycles. The molecule has 1 aromatic rings. The standard InChI is InChI=1S/C14H23N3O/c1-4-9-17-10-8-15-12(13(17)18)16-11-6-5-7-14(11,2)3/h8,10-11H,4-7,9H2,1-3H3,(H,15,16). The predicted molar refractivity (Wildman–Crippen MR) is 73.8 cm³/mol. The largest absolute Gasteiger partial charge is 0.362 e. The molecule has 1 atom stereocenters. The third-order valence-corrected chi connectivity index (χ3v) is 3.95. The average Bonchev–Trinajstić information content (AvgIpc) is 2.64. The molecule has 4 nitrogen and oxygen atoms in total. The second kappa shape index (κ2) is 5.12. The van der Waals surface area contributed by atoms with Gasteiger partial charge < -0.3 is 9.88 Å². The molecule has 1 aliphatic rings. The van der Waals surface area contributed by atoms with Crippen molar-refractivity contribution >= 4 is 5.82 Å². The van der Waals surface area contributed by atoms with E-state index in [1.54, 1.807) is 17.0 Å². The van der Waals surface area contributed by atoms with Gasteiger partial charge in [0.2, 0.25) is 0 Å². The van der Waals surface area contributed by atoms with Gasteiger partial charge in [-0.1, -0.05) is 27.2 Å². The average molecular weight is 249 g/mol. The SMILES string of the molecule is CCCn1ccnc(NC2CCCC2(C)C)c1=O. The fourth-order valence-corrected chi connectivity index (χ4v) is 2.72. The highest BCUT2D eigenvalue weighted by atomic mass is 16.1. The zero-order chi connectivity index (χ0) is 13.2.